The molecule has 3 aliphatic rings. The predicted octanol–water partition coefficient (Wildman–Crippen LogP) is 5.19. The molecular weight excluding hydrogens is 342 g/mol. The van der Waals surface area contributed by atoms with Crippen LogP contribution in [0.2, 0.25) is 0 Å². The third-order valence-corrected chi connectivity index (χ3v) is 6.53. The van der Waals surface area contributed by atoms with Gasteiger partial charge in [-0.25, -0.2) is 0 Å². The fourth-order valence-electron chi connectivity index (χ4n) is 5.83. The SMILES string of the molecule is CC1=CC2(C)N(C(C)=C1)C(C#N)=C(C#N)C21c2ccccc2-c2ccccc21. The molecular formula is C25H19N3. The number of allylic oxidation sites excluding steroid dienone is 4. The van der Waals surface area contributed by atoms with Crippen molar-refractivity contribution in [1.82, 2.24) is 4.90 Å². The van der Waals surface area contributed by atoms with Gasteiger partial charge in [-0.1, -0.05) is 60.2 Å². The molecule has 0 N–H and O–H groups in total. The van der Waals surface area contributed by atoms with Gasteiger partial charge in [-0.3, -0.25) is 0 Å². The molecule has 134 valence electrons. The molecule has 1 atom stereocenters. The molecule has 1 unspecified atom stereocenters. The van der Waals surface area contributed by atoms with Gasteiger partial charge < -0.3 is 4.90 Å². The van der Waals surface area contributed by atoms with Crippen LogP contribution in [0.15, 0.2) is 83.2 Å². The number of nitrogens with zero attached hydrogens (tertiary/aromatic N) is 3. The average molecular weight is 361 g/mol. The summed E-state index contributed by atoms with van der Waals surface area (Å²) < 4.78 is 0. The second-order valence-corrected chi connectivity index (χ2v) is 7.95. The van der Waals surface area contributed by atoms with Gasteiger partial charge in [-0.2, -0.15) is 10.5 Å². The first-order chi connectivity index (χ1) is 13.5. The number of fused-ring (bicyclic) bond motifs is 7. The highest BCUT2D eigenvalue weighted by Crippen LogP contribution is 2.65. The Hall–Kier alpha value is -3.56. The van der Waals surface area contributed by atoms with Crippen LogP contribution in [0.4, 0.5) is 0 Å². The summed E-state index contributed by atoms with van der Waals surface area (Å²) in [4.78, 5) is 2.07. The van der Waals surface area contributed by atoms with Gasteiger partial charge in [0.2, 0.25) is 0 Å². The molecule has 1 spiro atoms. The summed E-state index contributed by atoms with van der Waals surface area (Å²) in [5.74, 6) is 0. The Balaban J connectivity index is 2.03. The van der Waals surface area contributed by atoms with E-state index in [1.807, 2.05) is 31.2 Å². The Bertz CT molecular complexity index is 1180. The molecule has 1 aliphatic carbocycles. The van der Waals surface area contributed by atoms with Crippen LogP contribution in [0, 0.1) is 22.7 Å². The van der Waals surface area contributed by atoms with Crippen molar-refractivity contribution in [2.75, 3.05) is 0 Å². The van der Waals surface area contributed by atoms with E-state index in [1.165, 1.54) is 0 Å². The third kappa shape index (κ3) is 1.59. The number of rotatable bonds is 0. The summed E-state index contributed by atoms with van der Waals surface area (Å²) in [6.07, 6.45) is 4.31. The van der Waals surface area contributed by atoms with Crippen molar-refractivity contribution in [2.45, 2.75) is 31.7 Å². The smallest absolute Gasteiger partial charge is 0.136 e. The average Bonchev–Trinajstić information content (AvgIpc) is 3.11. The minimum absolute atomic E-state index is 0.453. The first kappa shape index (κ1) is 16.6. The van der Waals surface area contributed by atoms with E-state index in [-0.39, 0.29) is 0 Å². The van der Waals surface area contributed by atoms with E-state index in [2.05, 4.69) is 67.3 Å². The van der Waals surface area contributed by atoms with E-state index >= 15 is 0 Å². The highest BCUT2D eigenvalue weighted by molar-refractivity contribution is 5.87. The number of benzene rings is 2. The minimum Gasteiger partial charge on any atom is -0.325 e. The Morgan fingerprint density at radius 2 is 1.43 bits per heavy atom. The second-order valence-electron chi connectivity index (χ2n) is 7.95. The van der Waals surface area contributed by atoms with Crippen molar-refractivity contribution in [1.29, 1.82) is 10.5 Å². The van der Waals surface area contributed by atoms with Crippen LogP contribution in [0.5, 0.6) is 0 Å². The van der Waals surface area contributed by atoms with Crippen molar-refractivity contribution >= 4 is 0 Å². The molecule has 2 aliphatic heterocycles. The zero-order valence-electron chi connectivity index (χ0n) is 16.1. The van der Waals surface area contributed by atoms with Crippen LogP contribution >= 0.6 is 0 Å². The molecule has 0 amide bonds. The van der Waals surface area contributed by atoms with Gasteiger partial charge in [0.15, 0.2) is 0 Å². The normalized spacial score (nSPS) is 23.4. The van der Waals surface area contributed by atoms with Crippen LogP contribution in [0.1, 0.15) is 31.9 Å². The van der Waals surface area contributed by atoms with Gasteiger partial charge in [-0.15, -0.1) is 0 Å². The summed E-state index contributed by atoms with van der Waals surface area (Å²) in [6.45, 7) is 6.27. The molecule has 5 rings (SSSR count). The molecule has 28 heavy (non-hydrogen) atoms. The molecule has 0 fully saturated rings. The van der Waals surface area contributed by atoms with Gasteiger partial charge in [0, 0.05) is 5.70 Å². The van der Waals surface area contributed by atoms with Crippen molar-refractivity contribution in [3.63, 3.8) is 0 Å². The van der Waals surface area contributed by atoms with E-state index in [4.69, 9.17) is 0 Å². The van der Waals surface area contributed by atoms with Crippen LogP contribution in [0.25, 0.3) is 11.1 Å². The lowest BCUT2D eigenvalue weighted by molar-refractivity contribution is 0.218. The highest BCUT2D eigenvalue weighted by atomic mass is 15.3. The highest BCUT2D eigenvalue weighted by Gasteiger charge is 2.66. The Kier molecular flexibility index (Phi) is 3.11. The summed E-state index contributed by atoms with van der Waals surface area (Å²) in [5.41, 5.74) is 6.33. The van der Waals surface area contributed by atoms with E-state index in [0.29, 0.717) is 11.3 Å². The molecule has 2 aromatic carbocycles. The fourth-order valence-corrected chi connectivity index (χ4v) is 5.83. The zero-order chi connectivity index (χ0) is 19.7. The topological polar surface area (TPSA) is 50.8 Å². The summed E-state index contributed by atoms with van der Waals surface area (Å²) in [7, 11) is 0. The van der Waals surface area contributed by atoms with Gasteiger partial charge in [0.25, 0.3) is 0 Å². The summed E-state index contributed by atoms with van der Waals surface area (Å²) in [5, 5.41) is 20.4. The number of nitriles is 2. The van der Waals surface area contributed by atoms with Gasteiger partial charge in [-0.05, 0) is 49.1 Å². The van der Waals surface area contributed by atoms with E-state index in [9.17, 15) is 10.5 Å². The maximum atomic E-state index is 10.3. The maximum absolute atomic E-state index is 10.3. The van der Waals surface area contributed by atoms with Gasteiger partial charge in [0.05, 0.1) is 22.6 Å². The molecule has 3 heteroatoms. The Morgan fingerprint density at radius 3 is 1.96 bits per heavy atom. The summed E-state index contributed by atoms with van der Waals surface area (Å²) in [6, 6.07) is 21.4. The number of hydrogen-bond donors (Lipinski definition) is 0. The van der Waals surface area contributed by atoms with E-state index in [0.717, 1.165) is 33.5 Å². The molecule has 0 radical (unpaired) electrons. The second kappa shape index (κ2) is 5.24. The zero-order valence-corrected chi connectivity index (χ0v) is 16.1. The van der Waals surface area contributed by atoms with E-state index in [1.54, 1.807) is 0 Å². The maximum Gasteiger partial charge on any atom is 0.136 e. The van der Waals surface area contributed by atoms with Gasteiger partial charge in [0.1, 0.15) is 11.8 Å². The Morgan fingerprint density at radius 1 is 0.857 bits per heavy atom. The monoisotopic (exact) mass is 361 g/mol. The van der Waals surface area contributed by atoms with E-state index < -0.39 is 11.0 Å². The lowest BCUT2D eigenvalue weighted by Gasteiger charge is -2.48. The molecule has 2 aromatic rings. The van der Waals surface area contributed by atoms with Crippen LogP contribution in [-0.2, 0) is 5.41 Å². The lowest BCUT2D eigenvalue weighted by atomic mass is 9.61. The quantitative estimate of drug-likeness (QED) is 0.649. The van der Waals surface area contributed by atoms with Crippen molar-refractivity contribution in [2.24, 2.45) is 0 Å². The first-order valence-electron chi connectivity index (χ1n) is 9.43. The lowest BCUT2D eigenvalue weighted by Crippen LogP contribution is -2.54. The van der Waals surface area contributed by atoms with Crippen LogP contribution < -0.4 is 0 Å². The largest absolute Gasteiger partial charge is 0.325 e. The predicted molar refractivity (Wildman–Crippen MR) is 109 cm³/mol. The minimum atomic E-state index is -0.712. The van der Waals surface area contributed by atoms with Crippen molar-refractivity contribution in [3.8, 4) is 23.3 Å². The summed E-state index contributed by atoms with van der Waals surface area (Å²) >= 11 is 0. The van der Waals surface area contributed by atoms with Crippen LogP contribution in [-0.4, -0.2) is 10.4 Å². The molecule has 0 bridgehead atoms. The van der Waals surface area contributed by atoms with Gasteiger partial charge >= 0.3 is 0 Å². The molecule has 3 nitrogen and oxygen atoms in total. The fraction of sp³-hybridized carbons (Fsp3) is 0.200. The van der Waals surface area contributed by atoms with Crippen LogP contribution in [0.3, 0.4) is 0 Å². The standard InChI is InChI=1S/C25H19N3/c1-16-12-17(2)28-23(15-27)22(14-26)25(24(28,3)13-16)20-10-6-4-8-18(20)19-9-5-7-11-21(19)25/h4-13H,1-3H3. The number of hydrogen-bond acceptors (Lipinski definition) is 3. The van der Waals surface area contributed by atoms with Crippen molar-refractivity contribution < 1.29 is 0 Å². The van der Waals surface area contributed by atoms with Crippen molar-refractivity contribution in [3.05, 3.63) is 94.4 Å². The molecule has 2 heterocycles. The first-order valence-corrected chi connectivity index (χ1v) is 9.43. The molecule has 0 saturated heterocycles. The molecule has 0 saturated carbocycles. The third-order valence-electron chi connectivity index (χ3n) is 6.53. The Labute approximate surface area is 165 Å². The molecule has 0 aromatic heterocycles.